The molecule has 0 fully saturated rings. The second-order valence-corrected chi connectivity index (χ2v) is 4.83. The van der Waals surface area contributed by atoms with E-state index in [1.165, 1.54) is 12.0 Å². The molecule has 2 aromatic rings. The Labute approximate surface area is 124 Å². The van der Waals surface area contributed by atoms with Crippen LogP contribution >= 0.6 is 15.9 Å². The SMILES string of the molecule is CCN(CC(=O)OC)C(=O)c1nc2ccccn2c1Br. The summed E-state index contributed by atoms with van der Waals surface area (Å²) in [7, 11) is 1.29. The molecule has 7 heteroatoms. The molecule has 0 saturated heterocycles. The monoisotopic (exact) mass is 339 g/mol. The number of ether oxygens (including phenoxy) is 1. The minimum Gasteiger partial charge on any atom is -0.468 e. The van der Waals surface area contributed by atoms with Crippen molar-refractivity contribution >= 4 is 33.5 Å². The summed E-state index contributed by atoms with van der Waals surface area (Å²) >= 11 is 3.37. The fourth-order valence-corrected chi connectivity index (χ4v) is 2.36. The number of imidazole rings is 1. The molecule has 0 aliphatic rings. The first-order valence-electron chi connectivity index (χ1n) is 6.07. The highest BCUT2D eigenvalue weighted by molar-refractivity contribution is 9.10. The van der Waals surface area contributed by atoms with E-state index in [-0.39, 0.29) is 18.1 Å². The lowest BCUT2D eigenvalue weighted by molar-refractivity contribution is -0.141. The van der Waals surface area contributed by atoms with Gasteiger partial charge >= 0.3 is 5.97 Å². The van der Waals surface area contributed by atoms with E-state index < -0.39 is 5.97 Å². The van der Waals surface area contributed by atoms with Crippen LogP contribution in [0.1, 0.15) is 17.4 Å². The summed E-state index contributed by atoms with van der Waals surface area (Å²) in [5.41, 5.74) is 0.943. The summed E-state index contributed by atoms with van der Waals surface area (Å²) in [6.45, 7) is 2.10. The van der Waals surface area contributed by atoms with Crippen LogP contribution < -0.4 is 0 Å². The number of hydrogen-bond donors (Lipinski definition) is 0. The Balaban J connectivity index is 2.34. The molecule has 0 aliphatic heterocycles. The van der Waals surface area contributed by atoms with Gasteiger partial charge in [0, 0.05) is 12.7 Å². The molecule has 0 aliphatic carbocycles. The maximum Gasteiger partial charge on any atom is 0.325 e. The number of rotatable bonds is 4. The molecule has 0 unspecified atom stereocenters. The lowest BCUT2D eigenvalue weighted by Gasteiger charge is -2.18. The molecule has 0 atom stereocenters. The van der Waals surface area contributed by atoms with E-state index in [0.717, 1.165) is 0 Å². The van der Waals surface area contributed by atoms with E-state index in [9.17, 15) is 9.59 Å². The lowest BCUT2D eigenvalue weighted by atomic mass is 10.3. The van der Waals surface area contributed by atoms with Crippen LogP contribution in [-0.2, 0) is 9.53 Å². The van der Waals surface area contributed by atoms with Gasteiger partial charge in [-0.1, -0.05) is 6.07 Å². The fourth-order valence-electron chi connectivity index (χ4n) is 1.80. The molecule has 1 amide bonds. The van der Waals surface area contributed by atoms with Crippen LogP contribution in [0.2, 0.25) is 0 Å². The Morgan fingerprint density at radius 1 is 1.45 bits per heavy atom. The van der Waals surface area contributed by atoms with Crippen molar-refractivity contribution in [2.75, 3.05) is 20.2 Å². The summed E-state index contributed by atoms with van der Waals surface area (Å²) in [5.74, 6) is -0.770. The van der Waals surface area contributed by atoms with Gasteiger partial charge in [0.05, 0.1) is 7.11 Å². The summed E-state index contributed by atoms with van der Waals surface area (Å²) < 4.78 is 6.92. The van der Waals surface area contributed by atoms with E-state index in [1.807, 2.05) is 12.1 Å². The molecular weight excluding hydrogens is 326 g/mol. The molecule has 2 aromatic heterocycles. The number of carbonyl (C=O) groups excluding carboxylic acids is 2. The summed E-state index contributed by atoms with van der Waals surface area (Å²) in [4.78, 5) is 29.4. The molecule has 0 spiro atoms. The van der Waals surface area contributed by atoms with Crippen LogP contribution in [0.4, 0.5) is 0 Å². The number of nitrogens with zero attached hydrogens (tertiary/aromatic N) is 3. The Bertz CT molecular complexity index is 653. The number of carbonyl (C=O) groups is 2. The number of esters is 1. The number of pyridine rings is 1. The minimum absolute atomic E-state index is 0.0911. The quantitative estimate of drug-likeness (QED) is 0.796. The van der Waals surface area contributed by atoms with Crippen molar-refractivity contribution in [3.8, 4) is 0 Å². The average Bonchev–Trinajstić information content (AvgIpc) is 2.81. The first kappa shape index (κ1) is 14.5. The Hall–Kier alpha value is -1.89. The number of likely N-dealkylation sites (N-methyl/N-ethyl adjacent to an activating group) is 1. The lowest BCUT2D eigenvalue weighted by Crippen LogP contribution is -2.36. The Morgan fingerprint density at radius 2 is 2.20 bits per heavy atom. The normalized spacial score (nSPS) is 10.6. The van der Waals surface area contributed by atoms with Crippen LogP contribution in [-0.4, -0.2) is 46.4 Å². The van der Waals surface area contributed by atoms with E-state index in [4.69, 9.17) is 0 Å². The van der Waals surface area contributed by atoms with Crippen molar-refractivity contribution in [3.05, 3.63) is 34.7 Å². The van der Waals surface area contributed by atoms with Gasteiger partial charge in [0.1, 0.15) is 16.8 Å². The van der Waals surface area contributed by atoms with Gasteiger partial charge in [-0.3, -0.25) is 14.0 Å². The molecular formula is C13H14BrN3O3. The third-order valence-corrected chi connectivity index (χ3v) is 3.65. The molecule has 20 heavy (non-hydrogen) atoms. The zero-order valence-corrected chi connectivity index (χ0v) is 12.8. The van der Waals surface area contributed by atoms with Gasteiger partial charge < -0.3 is 9.64 Å². The second-order valence-electron chi connectivity index (χ2n) is 4.08. The van der Waals surface area contributed by atoms with Crippen molar-refractivity contribution in [2.45, 2.75) is 6.92 Å². The first-order chi connectivity index (χ1) is 9.58. The Morgan fingerprint density at radius 3 is 2.80 bits per heavy atom. The third kappa shape index (κ3) is 2.67. The summed E-state index contributed by atoms with van der Waals surface area (Å²) in [5, 5.41) is 0. The molecule has 0 bridgehead atoms. The van der Waals surface area contributed by atoms with E-state index >= 15 is 0 Å². The van der Waals surface area contributed by atoms with Gasteiger partial charge in [0.2, 0.25) is 0 Å². The van der Waals surface area contributed by atoms with Crippen molar-refractivity contribution in [2.24, 2.45) is 0 Å². The van der Waals surface area contributed by atoms with Crippen molar-refractivity contribution in [1.82, 2.24) is 14.3 Å². The average molecular weight is 340 g/mol. The van der Waals surface area contributed by atoms with Crippen LogP contribution in [0.5, 0.6) is 0 Å². The van der Waals surface area contributed by atoms with Gasteiger partial charge in [0.15, 0.2) is 5.69 Å². The number of amides is 1. The highest BCUT2D eigenvalue weighted by atomic mass is 79.9. The molecule has 0 radical (unpaired) electrons. The summed E-state index contributed by atoms with van der Waals surface area (Å²) in [6, 6.07) is 5.49. The molecule has 0 saturated carbocycles. The van der Waals surface area contributed by atoms with Gasteiger partial charge in [-0.25, -0.2) is 4.98 Å². The molecule has 2 heterocycles. The third-order valence-electron chi connectivity index (χ3n) is 2.89. The number of aromatic nitrogens is 2. The number of halogens is 1. The standard InChI is InChI=1S/C13H14BrN3O3/c1-3-16(8-10(18)20-2)13(19)11-12(14)17-7-5-4-6-9(17)15-11/h4-7H,3,8H2,1-2H3. The predicted octanol–water partition coefficient (Wildman–Crippen LogP) is 1.73. The van der Waals surface area contributed by atoms with Crippen molar-refractivity contribution in [3.63, 3.8) is 0 Å². The largest absolute Gasteiger partial charge is 0.468 e. The maximum absolute atomic E-state index is 12.4. The van der Waals surface area contributed by atoms with Crippen LogP contribution in [0, 0.1) is 0 Å². The number of hydrogen-bond acceptors (Lipinski definition) is 4. The molecule has 0 N–H and O–H groups in total. The molecule has 106 valence electrons. The number of methoxy groups -OCH3 is 1. The minimum atomic E-state index is -0.458. The van der Waals surface area contributed by atoms with Crippen LogP contribution in [0.25, 0.3) is 5.65 Å². The van der Waals surface area contributed by atoms with Gasteiger partial charge in [-0.2, -0.15) is 0 Å². The number of fused-ring (bicyclic) bond motifs is 1. The van der Waals surface area contributed by atoms with Crippen LogP contribution in [0.15, 0.2) is 29.0 Å². The van der Waals surface area contributed by atoms with Gasteiger partial charge in [0.25, 0.3) is 5.91 Å². The van der Waals surface area contributed by atoms with Gasteiger partial charge in [-0.15, -0.1) is 0 Å². The molecule has 6 nitrogen and oxygen atoms in total. The van der Waals surface area contributed by atoms with Gasteiger partial charge in [-0.05, 0) is 35.0 Å². The van der Waals surface area contributed by atoms with Crippen molar-refractivity contribution in [1.29, 1.82) is 0 Å². The predicted molar refractivity (Wildman–Crippen MR) is 76.5 cm³/mol. The first-order valence-corrected chi connectivity index (χ1v) is 6.86. The second kappa shape index (κ2) is 6.04. The fraction of sp³-hybridized carbons (Fsp3) is 0.308. The Kier molecular flexibility index (Phi) is 4.39. The highest BCUT2D eigenvalue weighted by Gasteiger charge is 2.23. The van der Waals surface area contributed by atoms with E-state index in [2.05, 4.69) is 25.7 Å². The molecule has 2 rings (SSSR count). The highest BCUT2D eigenvalue weighted by Crippen LogP contribution is 2.20. The molecule has 0 aromatic carbocycles. The zero-order chi connectivity index (χ0) is 14.7. The smallest absolute Gasteiger partial charge is 0.325 e. The topological polar surface area (TPSA) is 63.9 Å². The summed E-state index contributed by atoms with van der Waals surface area (Å²) in [6.07, 6.45) is 1.81. The van der Waals surface area contributed by atoms with Crippen LogP contribution in [0.3, 0.4) is 0 Å². The van der Waals surface area contributed by atoms with E-state index in [1.54, 1.807) is 23.6 Å². The van der Waals surface area contributed by atoms with Crippen molar-refractivity contribution < 1.29 is 14.3 Å². The maximum atomic E-state index is 12.4. The zero-order valence-electron chi connectivity index (χ0n) is 11.2. The van der Waals surface area contributed by atoms with E-state index in [0.29, 0.717) is 16.8 Å².